The molecule has 0 spiro atoms. The Bertz CT molecular complexity index is 591. The Morgan fingerprint density at radius 3 is 2.32 bits per heavy atom. The summed E-state index contributed by atoms with van der Waals surface area (Å²) in [5.74, 6) is -1.47. The Kier molecular flexibility index (Phi) is 6.82. The van der Waals surface area contributed by atoms with Crippen molar-refractivity contribution in [2.24, 2.45) is 0 Å². The minimum atomic E-state index is -0.579. The second kappa shape index (κ2) is 8.61. The van der Waals surface area contributed by atoms with Gasteiger partial charge in [-0.05, 0) is 30.7 Å². The molecule has 0 fully saturated rings. The monoisotopic (exact) mass is 307 g/mol. The topological polar surface area (TPSA) is 64.6 Å². The standard InChI is InChI=1S/C16H18FNO4/c1-11(18-10-12-4-6-13(17)7-5-12)14(16(20)22-3)8-9-15(19)21-2/h4-9,18H,10H2,1-3H3. The SMILES string of the molecule is COC(=O)C=CC(C(=O)OC)=C(C)NCc1ccc(F)cc1. The van der Waals surface area contributed by atoms with Gasteiger partial charge in [-0.25, -0.2) is 14.0 Å². The molecule has 0 aliphatic carbocycles. The van der Waals surface area contributed by atoms with Crippen molar-refractivity contribution in [2.75, 3.05) is 14.2 Å². The maximum atomic E-state index is 12.8. The lowest BCUT2D eigenvalue weighted by atomic mass is 10.1. The number of hydrogen-bond acceptors (Lipinski definition) is 5. The molecule has 1 aromatic carbocycles. The number of carbonyl (C=O) groups is 2. The van der Waals surface area contributed by atoms with E-state index in [9.17, 15) is 14.0 Å². The molecule has 0 saturated heterocycles. The van der Waals surface area contributed by atoms with Gasteiger partial charge in [0.15, 0.2) is 0 Å². The third-order valence-electron chi connectivity index (χ3n) is 2.87. The molecule has 1 N–H and O–H groups in total. The van der Waals surface area contributed by atoms with Gasteiger partial charge in [0.25, 0.3) is 0 Å². The predicted octanol–water partition coefficient (Wildman–Crippen LogP) is 2.09. The van der Waals surface area contributed by atoms with Gasteiger partial charge in [-0.15, -0.1) is 0 Å². The summed E-state index contributed by atoms with van der Waals surface area (Å²) >= 11 is 0. The highest BCUT2D eigenvalue weighted by atomic mass is 19.1. The van der Waals surface area contributed by atoms with Gasteiger partial charge in [-0.2, -0.15) is 0 Å². The van der Waals surface area contributed by atoms with Crippen molar-refractivity contribution in [2.45, 2.75) is 13.5 Å². The number of esters is 2. The first-order valence-electron chi connectivity index (χ1n) is 6.51. The van der Waals surface area contributed by atoms with Crippen LogP contribution in [0.25, 0.3) is 0 Å². The van der Waals surface area contributed by atoms with Crippen LogP contribution < -0.4 is 5.32 Å². The maximum Gasteiger partial charge on any atom is 0.339 e. The van der Waals surface area contributed by atoms with Gasteiger partial charge in [-0.3, -0.25) is 0 Å². The zero-order valence-corrected chi connectivity index (χ0v) is 12.7. The highest BCUT2D eigenvalue weighted by molar-refractivity contribution is 5.94. The van der Waals surface area contributed by atoms with Crippen molar-refractivity contribution in [3.63, 3.8) is 0 Å². The van der Waals surface area contributed by atoms with E-state index in [4.69, 9.17) is 0 Å². The third kappa shape index (κ3) is 5.40. The van der Waals surface area contributed by atoms with Crippen molar-refractivity contribution in [1.29, 1.82) is 0 Å². The first-order chi connectivity index (χ1) is 10.5. The number of allylic oxidation sites excluding steroid dienone is 1. The van der Waals surface area contributed by atoms with Gasteiger partial charge < -0.3 is 14.8 Å². The molecule has 22 heavy (non-hydrogen) atoms. The molecule has 0 aliphatic rings. The highest BCUT2D eigenvalue weighted by Gasteiger charge is 2.11. The lowest BCUT2D eigenvalue weighted by molar-refractivity contribution is -0.135. The van der Waals surface area contributed by atoms with Crippen molar-refractivity contribution in [1.82, 2.24) is 5.32 Å². The summed E-state index contributed by atoms with van der Waals surface area (Å²) in [6.45, 7) is 2.08. The molecular formula is C16H18FNO4. The number of rotatable bonds is 6. The molecule has 0 atom stereocenters. The number of methoxy groups -OCH3 is 2. The summed E-state index contributed by atoms with van der Waals surface area (Å²) in [6, 6.07) is 5.98. The molecule has 0 unspecified atom stereocenters. The fourth-order valence-corrected chi connectivity index (χ4v) is 1.61. The Morgan fingerprint density at radius 2 is 1.77 bits per heavy atom. The normalized spacial score (nSPS) is 11.8. The van der Waals surface area contributed by atoms with Crippen LogP contribution in [0.15, 0.2) is 47.7 Å². The van der Waals surface area contributed by atoms with E-state index in [1.165, 1.54) is 32.4 Å². The van der Waals surface area contributed by atoms with Crippen LogP contribution in [0, 0.1) is 5.82 Å². The largest absolute Gasteiger partial charge is 0.466 e. The molecule has 118 valence electrons. The van der Waals surface area contributed by atoms with Crippen LogP contribution in [0.1, 0.15) is 12.5 Å². The van der Waals surface area contributed by atoms with Crippen LogP contribution in [0.4, 0.5) is 4.39 Å². The second-order valence-electron chi connectivity index (χ2n) is 4.37. The summed E-state index contributed by atoms with van der Waals surface area (Å²) in [4.78, 5) is 22.9. The van der Waals surface area contributed by atoms with Crippen molar-refractivity contribution >= 4 is 11.9 Å². The minimum Gasteiger partial charge on any atom is -0.466 e. The average molecular weight is 307 g/mol. The van der Waals surface area contributed by atoms with Crippen LogP contribution in [0.2, 0.25) is 0 Å². The smallest absolute Gasteiger partial charge is 0.339 e. The van der Waals surface area contributed by atoms with Crippen LogP contribution in [0.3, 0.4) is 0 Å². The van der Waals surface area contributed by atoms with Gasteiger partial charge in [0, 0.05) is 18.3 Å². The van der Waals surface area contributed by atoms with E-state index >= 15 is 0 Å². The number of halogens is 1. The maximum absolute atomic E-state index is 12.8. The Hall–Kier alpha value is -2.63. The van der Waals surface area contributed by atoms with Gasteiger partial charge in [0.05, 0.1) is 19.8 Å². The summed E-state index contributed by atoms with van der Waals surface area (Å²) in [5, 5.41) is 3.03. The van der Waals surface area contributed by atoms with E-state index in [-0.39, 0.29) is 11.4 Å². The van der Waals surface area contributed by atoms with Gasteiger partial charge >= 0.3 is 11.9 Å². The van der Waals surface area contributed by atoms with E-state index < -0.39 is 11.9 Å². The number of nitrogens with one attached hydrogen (secondary N) is 1. The summed E-state index contributed by atoms with van der Waals surface area (Å²) in [6.07, 6.45) is 2.46. The van der Waals surface area contributed by atoms with Crippen molar-refractivity contribution < 1.29 is 23.5 Å². The number of ether oxygens (including phenoxy) is 2. The fourth-order valence-electron chi connectivity index (χ4n) is 1.61. The predicted molar refractivity (Wildman–Crippen MR) is 79.1 cm³/mol. The van der Waals surface area contributed by atoms with Gasteiger partial charge in [0.2, 0.25) is 0 Å². The molecule has 1 aromatic rings. The molecule has 0 heterocycles. The zero-order chi connectivity index (χ0) is 16.5. The third-order valence-corrected chi connectivity index (χ3v) is 2.87. The minimum absolute atomic E-state index is 0.204. The molecule has 5 nitrogen and oxygen atoms in total. The number of carbonyl (C=O) groups excluding carboxylic acids is 2. The quantitative estimate of drug-likeness (QED) is 0.495. The average Bonchev–Trinajstić information content (AvgIpc) is 2.53. The molecule has 0 aromatic heterocycles. The van der Waals surface area contributed by atoms with Crippen LogP contribution in [-0.2, 0) is 25.6 Å². The number of benzene rings is 1. The van der Waals surface area contributed by atoms with Crippen LogP contribution in [0.5, 0.6) is 0 Å². The fraction of sp³-hybridized carbons (Fsp3) is 0.250. The Balaban J connectivity index is 2.86. The van der Waals surface area contributed by atoms with E-state index in [1.54, 1.807) is 19.1 Å². The molecule has 0 bridgehead atoms. The molecular weight excluding hydrogens is 289 g/mol. The number of hydrogen-bond donors (Lipinski definition) is 1. The lowest BCUT2D eigenvalue weighted by Gasteiger charge is -2.10. The van der Waals surface area contributed by atoms with E-state index in [2.05, 4.69) is 14.8 Å². The molecule has 6 heteroatoms. The molecule has 0 radical (unpaired) electrons. The van der Waals surface area contributed by atoms with E-state index in [1.807, 2.05) is 0 Å². The lowest BCUT2D eigenvalue weighted by Crippen LogP contribution is -2.16. The van der Waals surface area contributed by atoms with Gasteiger partial charge in [-0.1, -0.05) is 12.1 Å². The molecule has 1 rings (SSSR count). The first-order valence-corrected chi connectivity index (χ1v) is 6.51. The summed E-state index contributed by atoms with van der Waals surface area (Å²) < 4.78 is 22.0. The summed E-state index contributed by atoms with van der Waals surface area (Å²) in [5.41, 5.74) is 1.58. The molecule has 0 aliphatic heterocycles. The first kappa shape index (κ1) is 17.4. The summed E-state index contributed by atoms with van der Waals surface area (Å²) in [7, 11) is 2.50. The molecule has 0 saturated carbocycles. The Morgan fingerprint density at radius 1 is 1.14 bits per heavy atom. The Labute approximate surface area is 128 Å². The molecule has 0 amide bonds. The van der Waals surface area contributed by atoms with E-state index in [0.29, 0.717) is 12.2 Å². The van der Waals surface area contributed by atoms with Crippen LogP contribution >= 0.6 is 0 Å². The van der Waals surface area contributed by atoms with Crippen molar-refractivity contribution in [3.05, 3.63) is 59.1 Å². The highest BCUT2D eigenvalue weighted by Crippen LogP contribution is 2.08. The van der Waals surface area contributed by atoms with Crippen LogP contribution in [-0.4, -0.2) is 26.2 Å². The van der Waals surface area contributed by atoms with Crippen molar-refractivity contribution in [3.8, 4) is 0 Å². The second-order valence-corrected chi connectivity index (χ2v) is 4.37. The zero-order valence-electron chi connectivity index (χ0n) is 12.7. The van der Waals surface area contributed by atoms with E-state index in [0.717, 1.165) is 11.6 Å². The van der Waals surface area contributed by atoms with Gasteiger partial charge in [0.1, 0.15) is 5.82 Å².